The smallest absolute Gasteiger partial charge is 0.454 e. The van der Waals surface area contributed by atoms with Gasteiger partial charge in [0.2, 0.25) is 0 Å². The summed E-state index contributed by atoms with van der Waals surface area (Å²) in [5, 5.41) is 11.9. The molecule has 0 unspecified atom stereocenters. The Balaban J connectivity index is 2.36. The second-order valence-electron chi connectivity index (χ2n) is 4.33. The topological polar surface area (TPSA) is 62.2 Å². The van der Waals surface area contributed by atoms with E-state index >= 15 is 0 Å². The Hall–Kier alpha value is -2.83. The molecule has 0 saturated carbocycles. The second-order valence-corrected chi connectivity index (χ2v) is 4.33. The molecule has 1 heterocycles. The van der Waals surface area contributed by atoms with E-state index in [1.165, 1.54) is 48.8 Å². The van der Waals surface area contributed by atoms with Crippen molar-refractivity contribution in [2.24, 2.45) is 0 Å². The van der Waals surface area contributed by atoms with Gasteiger partial charge in [-0.3, -0.25) is 9.78 Å². The minimum atomic E-state index is -4.95. The van der Waals surface area contributed by atoms with Crippen LogP contribution in [0.2, 0.25) is 0 Å². The van der Waals surface area contributed by atoms with Gasteiger partial charge in [0.05, 0.1) is 0 Å². The van der Waals surface area contributed by atoms with Gasteiger partial charge in [-0.1, -0.05) is 0 Å². The Morgan fingerprint density at radius 3 is 2.23 bits per heavy atom. The summed E-state index contributed by atoms with van der Waals surface area (Å²) in [6.07, 6.45) is -1.66. The maximum absolute atomic E-state index is 12.4. The van der Waals surface area contributed by atoms with Crippen LogP contribution in [0.3, 0.4) is 0 Å². The molecule has 0 aliphatic rings. The van der Waals surface area contributed by atoms with Crippen molar-refractivity contribution in [2.45, 2.75) is 6.18 Å². The van der Waals surface area contributed by atoms with Crippen molar-refractivity contribution in [1.29, 1.82) is 0 Å². The minimum Gasteiger partial charge on any atom is -0.508 e. The molecule has 0 fully saturated rings. The summed E-state index contributed by atoms with van der Waals surface area (Å²) >= 11 is 0. The number of hydrogen-bond acceptors (Lipinski definition) is 4. The predicted octanol–water partition coefficient (Wildman–Crippen LogP) is 3.37. The molecule has 1 aromatic heterocycles. The minimum absolute atomic E-state index is 0.0181. The number of alkyl halides is 3. The van der Waals surface area contributed by atoms with Gasteiger partial charge in [-0.2, -0.15) is 13.2 Å². The van der Waals surface area contributed by atoms with E-state index < -0.39 is 12.0 Å². The lowest BCUT2D eigenvalue weighted by Gasteiger charge is -2.12. The molecule has 114 valence electrons. The van der Waals surface area contributed by atoms with Crippen LogP contribution >= 0.6 is 0 Å². The molecule has 22 heavy (non-hydrogen) atoms. The summed E-state index contributed by atoms with van der Waals surface area (Å²) in [5.41, 5.74) is 0.784. The van der Waals surface area contributed by atoms with Gasteiger partial charge in [-0.15, -0.1) is 0 Å². The molecule has 0 atom stereocenters. The molecule has 0 spiro atoms. The zero-order valence-corrected chi connectivity index (χ0v) is 11.1. The standard InChI is InChI=1S/C15H11F3N2O2/c16-15(17,18)14(22)9-13(10-5-7-19-8-6-10)20-11-1-3-12(21)4-2-11/h1-9,20-21H/b13-9-. The number of anilines is 1. The van der Waals surface area contributed by atoms with Gasteiger partial charge < -0.3 is 10.4 Å². The third kappa shape index (κ3) is 4.08. The maximum atomic E-state index is 12.4. The van der Waals surface area contributed by atoms with Crippen molar-refractivity contribution in [3.05, 3.63) is 60.4 Å². The predicted molar refractivity (Wildman–Crippen MR) is 75.0 cm³/mol. The highest BCUT2D eigenvalue weighted by atomic mass is 19.4. The van der Waals surface area contributed by atoms with Crippen molar-refractivity contribution < 1.29 is 23.1 Å². The van der Waals surface area contributed by atoms with Gasteiger partial charge in [-0.05, 0) is 36.4 Å². The lowest BCUT2D eigenvalue weighted by atomic mass is 10.1. The Bertz CT molecular complexity index is 680. The molecule has 2 rings (SSSR count). The van der Waals surface area contributed by atoms with Crippen molar-refractivity contribution >= 4 is 17.2 Å². The van der Waals surface area contributed by atoms with Gasteiger partial charge in [-0.25, -0.2) is 0 Å². The summed E-state index contributed by atoms with van der Waals surface area (Å²) in [6.45, 7) is 0. The Labute approximate surface area is 123 Å². The number of hydrogen-bond donors (Lipinski definition) is 2. The number of ketones is 1. The fraction of sp³-hybridized carbons (Fsp3) is 0.0667. The van der Waals surface area contributed by atoms with E-state index in [1.54, 1.807) is 0 Å². The lowest BCUT2D eigenvalue weighted by molar-refractivity contribution is -0.165. The summed E-state index contributed by atoms with van der Waals surface area (Å²) < 4.78 is 37.3. The van der Waals surface area contributed by atoms with E-state index in [0.29, 0.717) is 17.3 Å². The van der Waals surface area contributed by atoms with Crippen LogP contribution in [0.25, 0.3) is 5.70 Å². The Morgan fingerprint density at radius 1 is 1.09 bits per heavy atom. The second kappa shape index (κ2) is 6.30. The highest BCUT2D eigenvalue weighted by Crippen LogP contribution is 2.23. The van der Waals surface area contributed by atoms with E-state index in [-0.39, 0.29) is 11.4 Å². The fourth-order valence-corrected chi connectivity index (χ4v) is 1.64. The van der Waals surface area contributed by atoms with Crippen LogP contribution in [-0.4, -0.2) is 22.1 Å². The number of benzene rings is 1. The molecule has 2 N–H and O–H groups in total. The molecule has 4 nitrogen and oxygen atoms in total. The average Bonchev–Trinajstić information content (AvgIpc) is 2.48. The lowest BCUT2D eigenvalue weighted by Crippen LogP contribution is -2.21. The van der Waals surface area contributed by atoms with Crippen molar-refractivity contribution in [2.75, 3.05) is 5.32 Å². The van der Waals surface area contributed by atoms with E-state index in [9.17, 15) is 23.1 Å². The molecule has 0 amide bonds. The third-order valence-electron chi connectivity index (χ3n) is 2.69. The first-order valence-corrected chi connectivity index (χ1v) is 6.15. The van der Waals surface area contributed by atoms with E-state index in [1.807, 2.05) is 0 Å². The zero-order valence-electron chi connectivity index (χ0n) is 11.1. The van der Waals surface area contributed by atoms with Crippen molar-refractivity contribution in [1.82, 2.24) is 4.98 Å². The molecule has 7 heteroatoms. The van der Waals surface area contributed by atoms with Gasteiger partial charge in [0.1, 0.15) is 5.75 Å². The molecule has 0 saturated heterocycles. The number of phenols is 1. The van der Waals surface area contributed by atoms with Crippen LogP contribution in [0.5, 0.6) is 5.75 Å². The number of pyridine rings is 1. The van der Waals surface area contributed by atoms with Gasteiger partial charge in [0.15, 0.2) is 0 Å². The SMILES string of the molecule is O=C(/C=C(\Nc1ccc(O)cc1)c1ccncc1)C(F)(F)F. The summed E-state index contributed by atoms with van der Waals surface area (Å²) in [5.74, 6) is -1.95. The first kappa shape index (κ1) is 15.6. The van der Waals surface area contributed by atoms with Crippen LogP contribution in [0.15, 0.2) is 54.9 Å². The first-order chi connectivity index (χ1) is 10.4. The van der Waals surface area contributed by atoms with Crippen molar-refractivity contribution in [3.63, 3.8) is 0 Å². The Kier molecular flexibility index (Phi) is 4.45. The van der Waals surface area contributed by atoms with Crippen LogP contribution < -0.4 is 5.32 Å². The van der Waals surface area contributed by atoms with E-state index in [2.05, 4.69) is 10.3 Å². The molecule has 0 aliphatic carbocycles. The van der Waals surface area contributed by atoms with E-state index in [4.69, 9.17) is 0 Å². The number of nitrogens with one attached hydrogen (secondary N) is 1. The number of aromatic hydroxyl groups is 1. The van der Waals surface area contributed by atoms with Gasteiger partial charge in [0, 0.05) is 35.4 Å². The molecule has 0 aliphatic heterocycles. The summed E-state index contributed by atoms with van der Waals surface area (Å²) in [6, 6.07) is 8.65. The Morgan fingerprint density at radius 2 is 1.68 bits per heavy atom. The quantitative estimate of drug-likeness (QED) is 0.671. The van der Waals surface area contributed by atoms with Crippen LogP contribution in [-0.2, 0) is 4.79 Å². The van der Waals surface area contributed by atoms with Gasteiger partial charge >= 0.3 is 6.18 Å². The largest absolute Gasteiger partial charge is 0.508 e. The summed E-state index contributed by atoms with van der Waals surface area (Å²) in [4.78, 5) is 15.0. The first-order valence-electron chi connectivity index (χ1n) is 6.15. The number of halogens is 3. The zero-order chi connectivity index (χ0) is 16.2. The number of nitrogens with zero attached hydrogens (tertiary/aromatic N) is 1. The van der Waals surface area contributed by atoms with Crippen molar-refractivity contribution in [3.8, 4) is 5.75 Å². The third-order valence-corrected chi connectivity index (χ3v) is 2.69. The molecule has 0 radical (unpaired) electrons. The molecule has 1 aromatic carbocycles. The highest BCUT2D eigenvalue weighted by molar-refractivity contribution is 6.02. The molecule has 2 aromatic rings. The maximum Gasteiger partial charge on any atom is 0.454 e. The number of carbonyl (C=O) groups excluding carboxylic acids is 1. The molecular formula is C15H11F3N2O2. The number of aromatic nitrogens is 1. The highest BCUT2D eigenvalue weighted by Gasteiger charge is 2.36. The average molecular weight is 308 g/mol. The van der Waals surface area contributed by atoms with Crippen LogP contribution in [0.1, 0.15) is 5.56 Å². The molecule has 0 bridgehead atoms. The van der Waals surface area contributed by atoms with Crippen LogP contribution in [0.4, 0.5) is 18.9 Å². The number of carbonyl (C=O) groups is 1. The van der Waals surface area contributed by atoms with E-state index in [0.717, 1.165) is 0 Å². The fourth-order valence-electron chi connectivity index (χ4n) is 1.64. The number of rotatable bonds is 4. The monoisotopic (exact) mass is 308 g/mol. The van der Waals surface area contributed by atoms with Gasteiger partial charge in [0.25, 0.3) is 5.78 Å². The number of allylic oxidation sites excluding steroid dienone is 1. The van der Waals surface area contributed by atoms with Crippen LogP contribution in [0, 0.1) is 0 Å². The summed E-state index contributed by atoms with van der Waals surface area (Å²) in [7, 11) is 0. The normalized spacial score (nSPS) is 12.0. The molecular weight excluding hydrogens is 297 g/mol. The number of phenolic OH excluding ortho intramolecular Hbond substituents is 1.